The second kappa shape index (κ2) is 12.0. The summed E-state index contributed by atoms with van der Waals surface area (Å²) in [5.41, 5.74) is 5.67. The Kier molecular flexibility index (Phi) is 11.9. The molecular formula is C12H26IN3O2. The molecule has 0 bridgehead atoms. The van der Waals surface area contributed by atoms with Crippen molar-refractivity contribution in [2.24, 2.45) is 10.7 Å². The van der Waals surface area contributed by atoms with E-state index in [1.165, 1.54) is 0 Å². The van der Waals surface area contributed by atoms with Gasteiger partial charge in [0.2, 0.25) is 0 Å². The third-order valence-electron chi connectivity index (χ3n) is 2.65. The minimum absolute atomic E-state index is 0. The van der Waals surface area contributed by atoms with Crippen LogP contribution in [0.15, 0.2) is 4.99 Å². The summed E-state index contributed by atoms with van der Waals surface area (Å²) in [5, 5.41) is 3.08. The second-order valence-corrected chi connectivity index (χ2v) is 4.23. The Bertz CT molecular complexity index is 221. The molecule has 1 fully saturated rings. The predicted molar refractivity (Wildman–Crippen MR) is 84.6 cm³/mol. The fourth-order valence-electron chi connectivity index (χ4n) is 1.67. The third kappa shape index (κ3) is 8.93. The van der Waals surface area contributed by atoms with Gasteiger partial charge >= 0.3 is 0 Å². The fraction of sp³-hybridized carbons (Fsp3) is 0.917. The molecule has 5 nitrogen and oxygen atoms in total. The molecule has 18 heavy (non-hydrogen) atoms. The number of hydrogen-bond donors (Lipinski definition) is 2. The Morgan fingerprint density at radius 1 is 1.44 bits per heavy atom. The molecule has 0 saturated carbocycles. The van der Waals surface area contributed by atoms with Crippen LogP contribution in [0.4, 0.5) is 0 Å². The first-order chi connectivity index (χ1) is 8.33. The van der Waals surface area contributed by atoms with Gasteiger partial charge in [-0.1, -0.05) is 6.92 Å². The molecule has 0 atom stereocenters. The fourth-order valence-corrected chi connectivity index (χ4v) is 1.67. The van der Waals surface area contributed by atoms with Gasteiger partial charge in [-0.2, -0.15) is 0 Å². The molecule has 1 aliphatic heterocycles. The molecule has 0 amide bonds. The van der Waals surface area contributed by atoms with Gasteiger partial charge in [0.25, 0.3) is 0 Å². The average Bonchev–Trinajstić information content (AvgIpc) is 2.37. The number of nitrogens with one attached hydrogen (secondary N) is 1. The minimum atomic E-state index is 0. The predicted octanol–water partition coefficient (Wildman–Crippen LogP) is 1.50. The maximum absolute atomic E-state index is 5.75. The standard InChI is InChI=1S/C12H25N3O2.HI/c1-2-6-14-12(13)15-7-3-8-17-11-4-9-16-10-5-11;/h11H,2-10H2,1H3,(H3,13,14,15);1H. The number of ether oxygens (including phenoxy) is 2. The van der Waals surface area contributed by atoms with Crippen molar-refractivity contribution in [3.8, 4) is 0 Å². The topological polar surface area (TPSA) is 68.9 Å². The van der Waals surface area contributed by atoms with Gasteiger partial charge in [0.15, 0.2) is 5.96 Å². The highest BCUT2D eigenvalue weighted by Gasteiger charge is 2.13. The lowest BCUT2D eigenvalue weighted by Crippen LogP contribution is -2.33. The van der Waals surface area contributed by atoms with Crippen molar-refractivity contribution in [2.45, 2.75) is 38.7 Å². The summed E-state index contributed by atoms with van der Waals surface area (Å²) in [4.78, 5) is 4.16. The van der Waals surface area contributed by atoms with Crippen molar-refractivity contribution < 1.29 is 9.47 Å². The number of rotatable bonds is 7. The lowest BCUT2D eigenvalue weighted by Gasteiger charge is -2.22. The van der Waals surface area contributed by atoms with E-state index in [4.69, 9.17) is 15.2 Å². The summed E-state index contributed by atoms with van der Waals surface area (Å²) in [5.74, 6) is 0.540. The Morgan fingerprint density at radius 2 is 2.17 bits per heavy atom. The molecule has 0 unspecified atom stereocenters. The van der Waals surface area contributed by atoms with Crippen LogP contribution in [0, 0.1) is 0 Å². The zero-order chi connectivity index (χ0) is 12.3. The monoisotopic (exact) mass is 371 g/mol. The van der Waals surface area contributed by atoms with E-state index >= 15 is 0 Å². The molecule has 0 aromatic heterocycles. The van der Waals surface area contributed by atoms with Crippen LogP contribution in [-0.4, -0.2) is 45.0 Å². The number of hydrogen-bond acceptors (Lipinski definition) is 3. The lowest BCUT2D eigenvalue weighted by atomic mass is 10.1. The molecule has 0 radical (unpaired) electrons. The molecule has 0 spiro atoms. The summed E-state index contributed by atoms with van der Waals surface area (Å²) < 4.78 is 11.0. The van der Waals surface area contributed by atoms with Crippen LogP contribution in [-0.2, 0) is 9.47 Å². The maximum Gasteiger partial charge on any atom is 0.188 e. The first kappa shape index (κ1) is 17.9. The van der Waals surface area contributed by atoms with Crippen LogP contribution in [0.2, 0.25) is 0 Å². The smallest absolute Gasteiger partial charge is 0.188 e. The van der Waals surface area contributed by atoms with Crippen molar-refractivity contribution in [3.63, 3.8) is 0 Å². The zero-order valence-corrected chi connectivity index (χ0v) is 13.5. The van der Waals surface area contributed by atoms with Gasteiger partial charge in [0, 0.05) is 32.9 Å². The Labute approximate surface area is 127 Å². The molecule has 6 heteroatoms. The first-order valence-corrected chi connectivity index (χ1v) is 6.56. The number of nitrogens with zero attached hydrogens (tertiary/aromatic N) is 1. The molecule has 1 rings (SSSR count). The van der Waals surface area contributed by atoms with E-state index in [2.05, 4.69) is 17.2 Å². The van der Waals surface area contributed by atoms with Gasteiger partial charge in [-0.15, -0.1) is 24.0 Å². The van der Waals surface area contributed by atoms with Crippen LogP contribution in [0.1, 0.15) is 32.6 Å². The van der Waals surface area contributed by atoms with Crippen molar-refractivity contribution in [2.75, 3.05) is 32.9 Å². The van der Waals surface area contributed by atoms with Crippen LogP contribution >= 0.6 is 24.0 Å². The Morgan fingerprint density at radius 3 is 2.83 bits per heavy atom. The van der Waals surface area contributed by atoms with Crippen LogP contribution in [0.25, 0.3) is 0 Å². The molecule has 1 saturated heterocycles. The molecule has 0 aliphatic carbocycles. The van der Waals surface area contributed by atoms with E-state index in [-0.39, 0.29) is 24.0 Å². The number of guanidine groups is 1. The largest absolute Gasteiger partial charge is 0.381 e. The van der Waals surface area contributed by atoms with Crippen molar-refractivity contribution in [1.82, 2.24) is 5.32 Å². The molecule has 1 heterocycles. The molecule has 0 aromatic carbocycles. The van der Waals surface area contributed by atoms with E-state index in [0.717, 1.165) is 58.6 Å². The van der Waals surface area contributed by atoms with Gasteiger partial charge in [-0.25, -0.2) is 0 Å². The lowest BCUT2D eigenvalue weighted by molar-refractivity contribution is -0.0320. The van der Waals surface area contributed by atoms with E-state index in [1.807, 2.05) is 0 Å². The quantitative estimate of drug-likeness (QED) is 0.308. The SMILES string of the molecule is CCCN=C(N)NCCCOC1CCOCC1.I. The molecule has 108 valence electrons. The van der Waals surface area contributed by atoms with Gasteiger partial charge in [0.05, 0.1) is 6.10 Å². The highest BCUT2D eigenvalue weighted by Crippen LogP contribution is 2.10. The number of halogens is 1. The van der Waals surface area contributed by atoms with Gasteiger partial charge in [-0.05, 0) is 25.7 Å². The van der Waals surface area contributed by atoms with Crippen molar-refractivity contribution >= 4 is 29.9 Å². The van der Waals surface area contributed by atoms with Crippen molar-refractivity contribution in [3.05, 3.63) is 0 Å². The van der Waals surface area contributed by atoms with E-state index in [9.17, 15) is 0 Å². The summed E-state index contributed by atoms with van der Waals surface area (Å²) in [6.45, 7) is 6.13. The highest BCUT2D eigenvalue weighted by molar-refractivity contribution is 14.0. The van der Waals surface area contributed by atoms with Crippen molar-refractivity contribution in [1.29, 1.82) is 0 Å². The first-order valence-electron chi connectivity index (χ1n) is 6.56. The summed E-state index contributed by atoms with van der Waals surface area (Å²) >= 11 is 0. The number of aliphatic imine (C=N–C) groups is 1. The molecule has 0 aromatic rings. The Balaban J connectivity index is 0.00000289. The van der Waals surface area contributed by atoms with E-state index in [1.54, 1.807) is 0 Å². The zero-order valence-electron chi connectivity index (χ0n) is 11.2. The Hall–Kier alpha value is -0.0800. The number of nitrogens with two attached hydrogens (primary N) is 1. The molecule has 1 aliphatic rings. The van der Waals surface area contributed by atoms with Crippen LogP contribution in [0.3, 0.4) is 0 Å². The van der Waals surface area contributed by atoms with Gasteiger partial charge < -0.3 is 20.5 Å². The second-order valence-electron chi connectivity index (χ2n) is 4.23. The van der Waals surface area contributed by atoms with Crippen LogP contribution in [0.5, 0.6) is 0 Å². The summed E-state index contributed by atoms with van der Waals surface area (Å²) in [6.07, 6.45) is 4.41. The van der Waals surface area contributed by atoms with Gasteiger partial charge in [0.1, 0.15) is 0 Å². The highest BCUT2D eigenvalue weighted by atomic mass is 127. The van der Waals surface area contributed by atoms with E-state index < -0.39 is 0 Å². The molecular weight excluding hydrogens is 345 g/mol. The summed E-state index contributed by atoms with van der Waals surface area (Å²) in [7, 11) is 0. The maximum atomic E-state index is 5.75. The minimum Gasteiger partial charge on any atom is -0.381 e. The summed E-state index contributed by atoms with van der Waals surface area (Å²) in [6, 6.07) is 0. The van der Waals surface area contributed by atoms with Crippen LogP contribution < -0.4 is 11.1 Å². The normalized spacial score (nSPS) is 17.3. The molecule has 3 N–H and O–H groups in total. The average molecular weight is 371 g/mol. The third-order valence-corrected chi connectivity index (χ3v) is 2.65. The van der Waals surface area contributed by atoms with E-state index in [0.29, 0.717) is 12.1 Å². The van der Waals surface area contributed by atoms with Gasteiger partial charge in [-0.3, -0.25) is 4.99 Å².